The van der Waals surface area contributed by atoms with Crippen LogP contribution in [0.4, 0.5) is 5.69 Å². The molecule has 0 atom stereocenters. The molecule has 7 nitrogen and oxygen atoms in total. The third-order valence-corrected chi connectivity index (χ3v) is 5.33. The number of likely N-dealkylation sites (tertiary alicyclic amines) is 1. The number of halogens is 1. The van der Waals surface area contributed by atoms with Crippen LogP contribution in [0.1, 0.15) is 18.4 Å². The van der Waals surface area contributed by atoms with E-state index < -0.39 is 5.97 Å². The second-order valence-electron chi connectivity index (χ2n) is 7.37. The Bertz CT molecular complexity index is 927. The molecule has 0 bridgehead atoms. The van der Waals surface area contributed by atoms with E-state index in [0.29, 0.717) is 36.7 Å². The number of ether oxygens (including phenoxy) is 2. The average Bonchev–Trinajstić information content (AvgIpc) is 2.77. The van der Waals surface area contributed by atoms with Crippen LogP contribution in [0, 0.1) is 12.8 Å². The zero-order valence-corrected chi connectivity index (χ0v) is 18.1. The first kappa shape index (κ1) is 22.6. The fraction of sp³-hybridized carbons (Fsp3) is 0.348. The summed E-state index contributed by atoms with van der Waals surface area (Å²) < 4.78 is 10.5. The number of carbonyl (C=O) groups is 3. The molecule has 0 radical (unpaired) electrons. The molecule has 1 aliphatic heterocycles. The lowest BCUT2D eigenvalue weighted by molar-refractivity contribution is -0.154. The number of piperidine rings is 1. The zero-order chi connectivity index (χ0) is 22.2. The van der Waals surface area contributed by atoms with Gasteiger partial charge in [0.25, 0.3) is 5.91 Å². The predicted molar refractivity (Wildman–Crippen MR) is 117 cm³/mol. The Morgan fingerprint density at radius 1 is 1.06 bits per heavy atom. The number of nitrogens with one attached hydrogen (secondary N) is 1. The lowest BCUT2D eigenvalue weighted by Gasteiger charge is -2.31. The number of aryl methyl sites for hydroxylation is 1. The highest BCUT2D eigenvalue weighted by atomic mass is 35.5. The molecule has 1 heterocycles. The maximum atomic E-state index is 12.4. The highest BCUT2D eigenvalue weighted by molar-refractivity contribution is 6.30. The molecule has 2 aromatic rings. The average molecular weight is 445 g/mol. The van der Waals surface area contributed by atoms with Gasteiger partial charge in [0, 0.05) is 29.7 Å². The lowest BCUT2D eigenvalue weighted by atomic mass is 9.95. The van der Waals surface area contributed by atoms with Crippen molar-refractivity contribution >= 4 is 35.1 Å². The molecule has 0 spiro atoms. The molecular weight excluding hydrogens is 420 g/mol. The zero-order valence-electron chi connectivity index (χ0n) is 17.3. The van der Waals surface area contributed by atoms with Crippen LogP contribution in [0.2, 0.25) is 5.02 Å². The monoisotopic (exact) mass is 444 g/mol. The number of esters is 1. The normalized spacial score (nSPS) is 14.1. The molecule has 0 aliphatic carbocycles. The van der Waals surface area contributed by atoms with Gasteiger partial charge >= 0.3 is 5.97 Å². The first-order valence-corrected chi connectivity index (χ1v) is 10.5. The van der Waals surface area contributed by atoms with Crippen LogP contribution >= 0.6 is 11.6 Å². The van der Waals surface area contributed by atoms with E-state index in [4.69, 9.17) is 21.1 Å². The molecule has 2 aromatic carbocycles. The molecule has 1 fully saturated rings. The Morgan fingerprint density at radius 3 is 2.45 bits per heavy atom. The Hall–Kier alpha value is -3.06. The highest BCUT2D eigenvalue weighted by Crippen LogP contribution is 2.22. The standard InChI is InChI=1S/C23H25ClN2O5/c1-16-13-18(24)7-8-20(16)30-15-22(28)31-14-21(27)26-11-9-17(10-12-26)23(29)25-19-5-3-2-4-6-19/h2-8,13,17H,9-12,14-15H2,1H3,(H,25,29). The summed E-state index contributed by atoms with van der Waals surface area (Å²) in [6, 6.07) is 14.4. The van der Waals surface area contributed by atoms with Gasteiger partial charge in [-0.25, -0.2) is 4.79 Å². The van der Waals surface area contributed by atoms with Gasteiger partial charge in [0.15, 0.2) is 13.2 Å². The van der Waals surface area contributed by atoms with E-state index in [0.717, 1.165) is 11.3 Å². The summed E-state index contributed by atoms with van der Waals surface area (Å²) in [4.78, 5) is 38.2. The number of rotatable bonds is 7. The number of benzene rings is 2. The first-order valence-electron chi connectivity index (χ1n) is 10.1. The molecule has 0 aromatic heterocycles. The van der Waals surface area contributed by atoms with Gasteiger partial charge in [0.1, 0.15) is 5.75 Å². The van der Waals surface area contributed by atoms with Crippen LogP contribution in [0.5, 0.6) is 5.75 Å². The third kappa shape index (κ3) is 6.72. The molecule has 164 valence electrons. The van der Waals surface area contributed by atoms with Crippen molar-refractivity contribution in [2.45, 2.75) is 19.8 Å². The molecule has 8 heteroatoms. The largest absolute Gasteiger partial charge is 0.482 e. The Balaban J connectivity index is 1.36. The predicted octanol–water partition coefficient (Wildman–Crippen LogP) is 3.45. The van der Waals surface area contributed by atoms with Crippen LogP contribution in [-0.2, 0) is 19.1 Å². The fourth-order valence-electron chi connectivity index (χ4n) is 3.34. The number of amides is 2. The van der Waals surface area contributed by atoms with Gasteiger partial charge in [-0.05, 0) is 55.7 Å². The fourth-order valence-corrected chi connectivity index (χ4v) is 3.57. The van der Waals surface area contributed by atoms with Crippen molar-refractivity contribution in [2.75, 3.05) is 31.6 Å². The van der Waals surface area contributed by atoms with E-state index in [9.17, 15) is 14.4 Å². The second kappa shape index (κ2) is 10.8. The van der Waals surface area contributed by atoms with Crippen molar-refractivity contribution in [3.05, 3.63) is 59.1 Å². The summed E-state index contributed by atoms with van der Waals surface area (Å²) in [6.07, 6.45) is 1.13. The smallest absolute Gasteiger partial charge is 0.344 e. The molecule has 31 heavy (non-hydrogen) atoms. The van der Waals surface area contributed by atoms with Crippen LogP contribution in [0.15, 0.2) is 48.5 Å². The molecule has 1 N–H and O–H groups in total. The summed E-state index contributed by atoms with van der Waals surface area (Å²) in [5.74, 6) is -0.566. The Morgan fingerprint density at radius 2 is 1.77 bits per heavy atom. The topological polar surface area (TPSA) is 84.9 Å². The van der Waals surface area contributed by atoms with E-state index in [2.05, 4.69) is 5.32 Å². The van der Waals surface area contributed by atoms with Crippen molar-refractivity contribution in [3.63, 3.8) is 0 Å². The molecule has 2 amide bonds. The molecule has 0 unspecified atom stereocenters. The van der Waals surface area contributed by atoms with E-state index in [1.807, 2.05) is 37.3 Å². The van der Waals surface area contributed by atoms with Crippen molar-refractivity contribution in [2.24, 2.45) is 5.92 Å². The number of hydrogen-bond acceptors (Lipinski definition) is 5. The second-order valence-corrected chi connectivity index (χ2v) is 7.81. The van der Waals surface area contributed by atoms with Crippen molar-refractivity contribution in [3.8, 4) is 5.75 Å². The van der Waals surface area contributed by atoms with Gasteiger partial charge in [-0.1, -0.05) is 29.8 Å². The van der Waals surface area contributed by atoms with Crippen LogP contribution in [0.25, 0.3) is 0 Å². The molecule has 1 saturated heterocycles. The summed E-state index contributed by atoms with van der Waals surface area (Å²) in [5.41, 5.74) is 1.56. The number of anilines is 1. The number of hydrogen-bond donors (Lipinski definition) is 1. The van der Waals surface area contributed by atoms with Gasteiger partial charge in [-0.2, -0.15) is 0 Å². The van der Waals surface area contributed by atoms with Gasteiger partial charge in [0.05, 0.1) is 0 Å². The van der Waals surface area contributed by atoms with Gasteiger partial charge in [-0.3, -0.25) is 9.59 Å². The first-order chi connectivity index (χ1) is 14.9. The van der Waals surface area contributed by atoms with Gasteiger partial charge < -0.3 is 19.7 Å². The number of carbonyl (C=O) groups excluding carboxylic acids is 3. The lowest BCUT2D eigenvalue weighted by Crippen LogP contribution is -2.43. The molecule has 0 saturated carbocycles. The number of nitrogens with zero attached hydrogens (tertiary/aromatic N) is 1. The van der Waals surface area contributed by atoms with Gasteiger partial charge in [0.2, 0.25) is 5.91 Å². The van der Waals surface area contributed by atoms with E-state index in [-0.39, 0.29) is 30.9 Å². The molecular formula is C23H25ClN2O5. The van der Waals surface area contributed by atoms with E-state index in [1.165, 1.54) is 0 Å². The highest BCUT2D eigenvalue weighted by Gasteiger charge is 2.27. The van der Waals surface area contributed by atoms with E-state index in [1.54, 1.807) is 23.1 Å². The Kier molecular flexibility index (Phi) is 7.89. The SMILES string of the molecule is Cc1cc(Cl)ccc1OCC(=O)OCC(=O)N1CCC(C(=O)Nc2ccccc2)CC1. The molecule has 3 rings (SSSR count). The quantitative estimate of drug-likeness (QED) is 0.661. The van der Waals surface area contributed by atoms with E-state index >= 15 is 0 Å². The summed E-state index contributed by atoms with van der Waals surface area (Å²) in [6.45, 7) is 2.08. The minimum Gasteiger partial charge on any atom is -0.482 e. The van der Waals surface area contributed by atoms with Crippen molar-refractivity contribution < 1.29 is 23.9 Å². The van der Waals surface area contributed by atoms with Crippen LogP contribution < -0.4 is 10.1 Å². The maximum Gasteiger partial charge on any atom is 0.344 e. The maximum absolute atomic E-state index is 12.4. The number of para-hydroxylation sites is 1. The third-order valence-electron chi connectivity index (χ3n) is 5.10. The summed E-state index contributed by atoms with van der Waals surface area (Å²) >= 11 is 5.89. The Labute approximate surface area is 186 Å². The van der Waals surface area contributed by atoms with Crippen LogP contribution in [0.3, 0.4) is 0 Å². The van der Waals surface area contributed by atoms with Crippen molar-refractivity contribution in [1.82, 2.24) is 4.90 Å². The van der Waals surface area contributed by atoms with Crippen LogP contribution in [-0.4, -0.2) is 49.0 Å². The minimum absolute atomic E-state index is 0.0423. The summed E-state index contributed by atoms with van der Waals surface area (Å²) in [7, 11) is 0. The minimum atomic E-state index is -0.625. The summed E-state index contributed by atoms with van der Waals surface area (Å²) in [5, 5.41) is 3.48. The van der Waals surface area contributed by atoms with Crippen molar-refractivity contribution in [1.29, 1.82) is 0 Å². The van der Waals surface area contributed by atoms with Gasteiger partial charge in [-0.15, -0.1) is 0 Å². The molecule has 1 aliphatic rings.